The number of amides is 4. The lowest BCUT2D eigenvalue weighted by atomic mass is 9.85. The molecule has 0 spiro atoms. The first-order chi connectivity index (χ1) is 11.5. The lowest BCUT2D eigenvalue weighted by molar-refractivity contribution is -0.144. The molecule has 4 amide bonds. The van der Waals surface area contributed by atoms with Gasteiger partial charge in [0.2, 0.25) is 0 Å². The van der Waals surface area contributed by atoms with Gasteiger partial charge in [-0.3, -0.25) is 19.4 Å². The molecule has 1 saturated heterocycles. The molecule has 1 saturated carbocycles. The van der Waals surface area contributed by atoms with E-state index in [2.05, 4.69) is 0 Å². The van der Waals surface area contributed by atoms with Crippen LogP contribution in [0.5, 0.6) is 0 Å². The third-order valence-corrected chi connectivity index (χ3v) is 4.91. The molecular formula is C18H19N3O3. The molecule has 6 heteroatoms. The minimum atomic E-state index is -0.762. The number of benzene rings is 1. The van der Waals surface area contributed by atoms with Gasteiger partial charge in [-0.1, -0.05) is 31.9 Å². The summed E-state index contributed by atoms with van der Waals surface area (Å²) in [5.41, 5.74) is 1.22. The molecule has 0 aromatic heterocycles. The summed E-state index contributed by atoms with van der Waals surface area (Å²) >= 11 is 0. The molecule has 124 valence electrons. The van der Waals surface area contributed by atoms with Crippen molar-refractivity contribution in [3.8, 4) is 6.07 Å². The van der Waals surface area contributed by atoms with Crippen molar-refractivity contribution < 1.29 is 14.4 Å². The molecule has 2 atom stereocenters. The molecule has 0 unspecified atom stereocenters. The summed E-state index contributed by atoms with van der Waals surface area (Å²) in [6.07, 6.45) is 3.79. The van der Waals surface area contributed by atoms with Crippen LogP contribution in [-0.4, -0.2) is 33.7 Å². The first kappa shape index (κ1) is 16.2. The van der Waals surface area contributed by atoms with E-state index in [4.69, 9.17) is 5.26 Å². The number of nitrogens with zero attached hydrogens (tertiary/aromatic N) is 3. The highest BCUT2D eigenvalue weighted by Crippen LogP contribution is 2.31. The van der Waals surface area contributed by atoms with Crippen LogP contribution < -0.4 is 0 Å². The van der Waals surface area contributed by atoms with E-state index in [1.807, 2.05) is 13.0 Å². The van der Waals surface area contributed by atoms with E-state index in [1.165, 1.54) is 0 Å². The van der Waals surface area contributed by atoms with Crippen molar-refractivity contribution in [1.82, 2.24) is 9.80 Å². The Morgan fingerprint density at radius 3 is 2.38 bits per heavy atom. The molecule has 1 aliphatic carbocycles. The van der Waals surface area contributed by atoms with E-state index in [1.54, 1.807) is 24.3 Å². The SMILES string of the molecule is C[C@@H]1CCCC[C@@H]1N1C(=O)C(=O)N(Cc2ccc(C#N)cc2)C1=O. The Kier molecular flexibility index (Phi) is 4.34. The van der Waals surface area contributed by atoms with Crippen LogP contribution in [0.25, 0.3) is 0 Å². The summed E-state index contributed by atoms with van der Waals surface area (Å²) in [7, 11) is 0. The lowest BCUT2D eigenvalue weighted by Gasteiger charge is -2.34. The van der Waals surface area contributed by atoms with Crippen LogP contribution >= 0.6 is 0 Å². The van der Waals surface area contributed by atoms with Gasteiger partial charge >= 0.3 is 17.8 Å². The van der Waals surface area contributed by atoms with Crippen molar-refractivity contribution in [3.05, 3.63) is 35.4 Å². The monoisotopic (exact) mass is 325 g/mol. The summed E-state index contributed by atoms with van der Waals surface area (Å²) < 4.78 is 0. The molecule has 1 aromatic carbocycles. The van der Waals surface area contributed by atoms with Crippen molar-refractivity contribution in [1.29, 1.82) is 5.26 Å². The maximum Gasteiger partial charge on any atom is 0.334 e. The normalized spacial score (nSPS) is 24.4. The predicted molar refractivity (Wildman–Crippen MR) is 85.4 cm³/mol. The van der Waals surface area contributed by atoms with Gasteiger partial charge in [-0.2, -0.15) is 5.26 Å². The fourth-order valence-electron chi connectivity index (χ4n) is 3.50. The molecule has 2 fully saturated rings. The largest absolute Gasteiger partial charge is 0.334 e. The van der Waals surface area contributed by atoms with Crippen LogP contribution in [0.2, 0.25) is 0 Å². The van der Waals surface area contributed by atoms with Crippen molar-refractivity contribution in [2.45, 2.75) is 45.2 Å². The van der Waals surface area contributed by atoms with Crippen molar-refractivity contribution in [2.75, 3.05) is 0 Å². The number of nitriles is 1. The number of hydrogen-bond acceptors (Lipinski definition) is 4. The molecule has 3 rings (SSSR count). The summed E-state index contributed by atoms with van der Waals surface area (Å²) in [6, 6.07) is 7.95. The van der Waals surface area contributed by atoms with Crippen LogP contribution in [0.15, 0.2) is 24.3 Å². The van der Waals surface area contributed by atoms with Gasteiger partial charge in [0, 0.05) is 6.04 Å². The van der Waals surface area contributed by atoms with Crippen molar-refractivity contribution in [2.24, 2.45) is 5.92 Å². The Bertz CT molecular complexity index is 720. The Morgan fingerprint density at radius 1 is 1.08 bits per heavy atom. The van der Waals surface area contributed by atoms with Crippen LogP contribution in [0.1, 0.15) is 43.7 Å². The van der Waals surface area contributed by atoms with E-state index < -0.39 is 17.8 Å². The first-order valence-electron chi connectivity index (χ1n) is 8.21. The zero-order chi connectivity index (χ0) is 17.3. The molecule has 1 aromatic rings. The smallest absolute Gasteiger partial charge is 0.263 e. The highest BCUT2D eigenvalue weighted by Gasteiger charge is 2.48. The molecule has 1 heterocycles. The van der Waals surface area contributed by atoms with Crippen molar-refractivity contribution >= 4 is 17.8 Å². The third-order valence-electron chi connectivity index (χ3n) is 4.91. The number of urea groups is 1. The maximum atomic E-state index is 12.7. The van der Waals surface area contributed by atoms with E-state index in [0.29, 0.717) is 11.1 Å². The molecule has 0 radical (unpaired) electrons. The summed E-state index contributed by atoms with van der Waals surface area (Å²) in [5.74, 6) is -1.26. The number of carbonyl (C=O) groups is 3. The topological polar surface area (TPSA) is 81.5 Å². The van der Waals surface area contributed by atoms with Crippen LogP contribution in [0, 0.1) is 17.2 Å². The van der Waals surface area contributed by atoms with Gasteiger partial charge in [-0.25, -0.2) is 4.79 Å². The summed E-state index contributed by atoms with van der Waals surface area (Å²) in [4.78, 5) is 39.4. The lowest BCUT2D eigenvalue weighted by Crippen LogP contribution is -2.46. The predicted octanol–water partition coefficient (Wildman–Crippen LogP) is 2.43. The molecule has 0 N–H and O–H groups in total. The maximum absolute atomic E-state index is 12.7. The van der Waals surface area contributed by atoms with Gasteiger partial charge < -0.3 is 0 Å². The van der Waals surface area contributed by atoms with Gasteiger partial charge in [0.25, 0.3) is 0 Å². The summed E-state index contributed by atoms with van der Waals surface area (Å²) in [6.45, 7) is 2.07. The highest BCUT2D eigenvalue weighted by molar-refractivity contribution is 6.44. The second-order valence-corrected chi connectivity index (χ2v) is 6.49. The van der Waals surface area contributed by atoms with E-state index in [0.717, 1.165) is 35.5 Å². The average Bonchev–Trinajstić information content (AvgIpc) is 2.80. The van der Waals surface area contributed by atoms with Gasteiger partial charge in [0.15, 0.2) is 0 Å². The minimum Gasteiger partial charge on any atom is -0.263 e. The van der Waals surface area contributed by atoms with Crippen LogP contribution in [0.4, 0.5) is 4.79 Å². The Balaban J connectivity index is 1.79. The molecule has 24 heavy (non-hydrogen) atoms. The van der Waals surface area contributed by atoms with Crippen LogP contribution in [-0.2, 0) is 16.1 Å². The quantitative estimate of drug-likeness (QED) is 0.631. The Morgan fingerprint density at radius 2 is 1.75 bits per heavy atom. The van der Waals surface area contributed by atoms with Crippen LogP contribution in [0.3, 0.4) is 0 Å². The van der Waals surface area contributed by atoms with Gasteiger partial charge in [-0.15, -0.1) is 0 Å². The highest BCUT2D eigenvalue weighted by atomic mass is 16.2. The molecule has 0 bridgehead atoms. The standard InChI is InChI=1S/C18H19N3O3/c1-12-4-2-3-5-15(12)21-17(23)16(22)20(18(21)24)11-14-8-6-13(10-19)7-9-14/h6-9,12,15H,2-5,11H2,1H3/t12-,15+/m1/s1. The minimum absolute atomic E-state index is 0.0483. The molecule has 1 aliphatic heterocycles. The van der Waals surface area contributed by atoms with E-state index >= 15 is 0 Å². The number of rotatable bonds is 3. The fourth-order valence-corrected chi connectivity index (χ4v) is 3.50. The van der Waals surface area contributed by atoms with Crippen molar-refractivity contribution in [3.63, 3.8) is 0 Å². The third kappa shape index (κ3) is 2.78. The second-order valence-electron chi connectivity index (χ2n) is 6.49. The molecular weight excluding hydrogens is 306 g/mol. The number of carbonyl (C=O) groups excluding carboxylic acids is 3. The second kappa shape index (κ2) is 6.44. The first-order valence-corrected chi connectivity index (χ1v) is 8.21. The molecule has 2 aliphatic rings. The van der Waals surface area contributed by atoms with Gasteiger partial charge in [0.1, 0.15) is 0 Å². The van der Waals surface area contributed by atoms with E-state index in [-0.39, 0.29) is 18.5 Å². The number of imide groups is 2. The number of hydrogen-bond donors (Lipinski definition) is 0. The zero-order valence-corrected chi connectivity index (χ0v) is 13.6. The fraction of sp³-hybridized carbons (Fsp3) is 0.444. The average molecular weight is 325 g/mol. The zero-order valence-electron chi connectivity index (χ0n) is 13.6. The van der Waals surface area contributed by atoms with E-state index in [9.17, 15) is 14.4 Å². The van der Waals surface area contributed by atoms with Gasteiger partial charge in [-0.05, 0) is 36.5 Å². The Labute approximate surface area is 140 Å². The van der Waals surface area contributed by atoms with Gasteiger partial charge in [0.05, 0.1) is 18.2 Å². The molecule has 6 nitrogen and oxygen atoms in total. The Hall–Kier alpha value is -2.68. The summed E-state index contributed by atoms with van der Waals surface area (Å²) in [5, 5.41) is 8.82.